The Hall–Kier alpha value is -2.18. The number of nitrogens with one attached hydrogen (secondary N) is 1. The van der Waals surface area contributed by atoms with Crippen molar-refractivity contribution >= 4 is 11.4 Å². The molecule has 0 aliphatic heterocycles. The number of nitrogen functional groups attached to an aromatic ring is 1. The second-order valence-corrected chi connectivity index (χ2v) is 4.38. The summed E-state index contributed by atoms with van der Waals surface area (Å²) in [5, 5.41) is 2.96. The lowest BCUT2D eigenvalue weighted by atomic mass is 10.1. The lowest BCUT2D eigenvalue weighted by Gasteiger charge is -2.13. The summed E-state index contributed by atoms with van der Waals surface area (Å²) in [7, 11) is 0. The normalized spacial score (nSPS) is 11.6. The van der Waals surface area contributed by atoms with Crippen molar-refractivity contribution < 1.29 is 13.2 Å². The van der Waals surface area contributed by atoms with E-state index in [1.807, 2.05) is 10.8 Å². The van der Waals surface area contributed by atoms with Gasteiger partial charge in [-0.2, -0.15) is 13.2 Å². The van der Waals surface area contributed by atoms with Crippen LogP contribution in [0.25, 0.3) is 0 Å². The quantitative estimate of drug-likeness (QED) is 0.655. The molecule has 3 N–H and O–H groups in total. The molecule has 1 aromatic heterocycles. The maximum atomic E-state index is 12.7. The minimum atomic E-state index is -4.43. The lowest BCUT2D eigenvalue weighted by Crippen LogP contribution is -2.11. The van der Waals surface area contributed by atoms with Crippen LogP contribution in [0.2, 0.25) is 0 Å². The Kier molecular flexibility index (Phi) is 4.16. The van der Waals surface area contributed by atoms with E-state index >= 15 is 0 Å². The zero-order chi connectivity index (χ0) is 14.6. The summed E-state index contributed by atoms with van der Waals surface area (Å²) in [6.07, 6.45) is 1.57. The van der Waals surface area contributed by atoms with Crippen molar-refractivity contribution in [1.82, 2.24) is 9.55 Å². The van der Waals surface area contributed by atoms with Crippen LogP contribution in [0.4, 0.5) is 24.5 Å². The van der Waals surface area contributed by atoms with Crippen LogP contribution in [0.3, 0.4) is 0 Å². The SMILES string of the molecule is Nc1ccc(NCCCn2ccnc2)cc1C(F)(F)F. The Morgan fingerprint density at radius 1 is 1.30 bits per heavy atom. The van der Waals surface area contributed by atoms with Crippen LogP contribution in [0, 0.1) is 0 Å². The summed E-state index contributed by atoms with van der Waals surface area (Å²) < 4.78 is 40.0. The minimum Gasteiger partial charge on any atom is -0.398 e. The zero-order valence-electron chi connectivity index (χ0n) is 10.7. The molecule has 0 atom stereocenters. The van der Waals surface area contributed by atoms with Crippen molar-refractivity contribution in [3.05, 3.63) is 42.5 Å². The molecule has 0 aliphatic rings. The Bertz CT molecular complexity index is 549. The molecule has 20 heavy (non-hydrogen) atoms. The van der Waals surface area contributed by atoms with Gasteiger partial charge in [0.15, 0.2) is 0 Å². The number of alkyl halides is 3. The fourth-order valence-corrected chi connectivity index (χ4v) is 1.83. The van der Waals surface area contributed by atoms with E-state index in [0.717, 1.165) is 19.0 Å². The molecule has 0 bridgehead atoms. The summed E-state index contributed by atoms with van der Waals surface area (Å²) in [5.74, 6) is 0. The fourth-order valence-electron chi connectivity index (χ4n) is 1.83. The Balaban J connectivity index is 1.90. The van der Waals surface area contributed by atoms with Crippen LogP contribution in [0.1, 0.15) is 12.0 Å². The van der Waals surface area contributed by atoms with E-state index in [-0.39, 0.29) is 5.69 Å². The molecule has 0 spiro atoms. The first kappa shape index (κ1) is 14.2. The third kappa shape index (κ3) is 3.66. The van der Waals surface area contributed by atoms with E-state index in [1.165, 1.54) is 6.07 Å². The topological polar surface area (TPSA) is 55.9 Å². The highest BCUT2D eigenvalue weighted by atomic mass is 19.4. The molecular weight excluding hydrogens is 269 g/mol. The van der Waals surface area contributed by atoms with E-state index in [1.54, 1.807) is 18.6 Å². The number of benzene rings is 1. The van der Waals surface area contributed by atoms with Crippen LogP contribution in [-0.4, -0.2) is 16.1 Å². The predicted molar refractivity (Wildman–Crippen MR) is 71.2 cm³/mol. The number of aromatic nitrogens is 2. The van der Waals surface area contributed by atoms with Gasteiger partial charge < -0.3 is 15.6 Å². The standard InChI is InChI=1S/C13H15F3N4/c14-13(15,16)11-8-10(2-3-12(11)17)19-4-1-6-20-7-5-18-9-20/h2-3,5,7-9,19H,1,4,6,17H2. The van der Waals surface area contributed by atoms with Gasteiger partial charge in [-0.25, -0.2) is 4.98 Å². The van der Waals surface area contributed by atoms with Gasteiger partial charge in [0, 0.05) is 36.9 Å². The molecule has 7 heteroatoms. The van der Waals surface area contributed by atoms with Gasteiger partial charge >= 0.3 is 6.18 Å². The molecule has 0 unspecified atom stereocenters. The Morgan fingerprint density at radius 2 is 2.10 bits per heavy atom. The van der Waals surface area contributed by atoms with Crippen molar-refractivity contribution in [2.75, 3.05) is 17.6 Å². The summed E-state index contributed by atoms with van der Waals surface area (Å²) in [5.41, 5.74) is 4.68. The van der Waals surface area contributed by atoms with Gasteiger partial charge in [-0.05, 0) is 24.6 Å². The summed E-state index contributed by atoms with van der Waals surface area (Å²) >= 11 is 0. The molecule has 108 valence electrons. The van der Waals surface area contributed by atoms with E-state index in [2.05, 4.69) is 10.3 Å². The largest absolute Gasteiger partial charge is 0.418 e. The zero-order valence-corrected chi connectivity index (χ0v) is 10.7. The number of aryl methyl sites for hydroxylation is 1. The third-order valence-corrected chi connectivity index (χ3v) is 2.84. The fraction of sp³-hybridized carbons (Fsp3) is 0.308. The number of nitrogens with two attached hydrogens (primary N) is 1. The van der Waals surface area contributed by atoms with Gasteiger partial charge in [0.05, 0.1) is 11.9 Å². The predicted octanol–water partition coefficient (Wildman–Crippen LogP) is 2.99. The first-order valence-electron chi connectivity index (χ1n) is 6.13. The molecule has 1 aromatic carbocycles. The van der Waals surface area contributed by atoms with Gasteiger partial charge in [-0.3, -0.25) is 0 Å². The minimum absolute atomic E-state index is 0.263. The molecule has 0 fully saturated rings. The maximum absolute atomic E-state index is 12.7. The smallest absolute Gasteiger partial charge is 0.398 e. The number of hydrogen-bond acceptors (Lipinski definition) is 3. The van der Waals surface area contributed by atoms with Crippen molar-refractivity contribution in [2.45, 2.75) is 19.1 Å². The van der Waals surface area contributed by atoms with Crippen LogP contribution in [0.15, 0.2) is 36.9 Å². The number of hydrogen-bond donors (Lipinski definition) is 2. The van der Waals surface area contributed by atoms with E-state index in [0.29, 0.717) is 12.2 Å². The van der Waals surface area contributed by atoms with E-state index < -0.39 is 11.7 Å². The first-order chi connectivity index (χ1) is 9.47. The monoisotopic (exact) mass is 284 g/mol. The molecule has 0 saturated carbocycles. The molecule has 0 aliphatic carbocycles. The Morgan fingerprint density at radius 3 is 2.75 bits per heavy atom. The number of anilines is 2. The van der Waals surface area contributed by atoms with Crippen LogP contribution in [0.5, 0.6) is 0 Å². The van der Waals surface area contributed by atoms with E-state index in [9.17, 15) is 13.2 Å². The second-order valence-electron chi connectivity index (χ2n) is 4.38. The molecule has 0 amide bonds. The summed E-state index contributed by atoms with van der Waals surface area (Å²) in [4.78, 5) is 3.91. The van der Waals surface area contributed by atoms with Crippen LogP contribution >= 0.6 is 0 Å². The van der Waals surface area contributed by atoms with Crippen LogP contribution < -0.4 is 11.1 Å². The summed E-state index contributed by atoms with van der Waals surface area (Å²) in [6.45, 7) is 1.33. The van der Waals surface area contributed by atoms with Crippen molar-refractivity contribution in [3.8, 4) is 0 Å². The van der Waals surface area contributed by atoms with Crippen molar-refractivity contribution in [2.24, 2.45) is 0 Å². The average molecular weight is 284 g/mol. The number of halogens is 3. The van der Waals surface area contributed by atoms with Crippen LogP contribution in [-0.2, 0) is 12.7 Å². The molecule has 2 rings (SSSR count). The van der Waals surface area contributed by atoms with Gasteiger partial charge in [-0.1, -0.05) is 0 Å². The number of imidazole rings is 1. The lowest BCUT2D eigenvalue weighted by molar-refractivity contribution is -0.136. The van der Waals surface area contributed by atoms with Gasteiger partial charge in [0.25, 0.3) is 0 Å². The maximum Gasteiger partial charge on any atom is 0.418 e. The van der Waals surface area contributed by atoms with Crippen molar-refractivity contribution in [1.29, 1.82) is 0 Å². The van der Waals surface area contributed by atoms with Gasteiger partial charge in [0.1, 0.15) is 0 Å². The highest BCUT2D eigenvalue weighted by Crippen LogP contribution is 2.35. The van der Waals surface area contributed by atoms with Gasteiger partial charge in [0.2, 0.25) is 0 Å². The Labute approximate surface area is 114 Å². The number of nitrogens with zero attached hydrogens (tertiary/aromatic N) is 2. The molecule has 4 nitrogen and oxygen atoms in total. The molecule has 1 heterocycles. The summed E-state index contributed by atoms with van der Waals surface area (Å²) in [6, 6.07) is 3.84. The van der Waals surface area contributed by atoms with Crippen molar-refractivity contribution in [3.63, 3.8) is 0 Å². The molecule has 0 saturated heterocycles. The number of rotatable bonds is 5. The van der Waals surface area contributed by atoms with E-state index in [4.69, 9.17) is 5.73 Å². The third-order valence-electron chi connectivity index (χ3n) is 2.84. The average Bonchev–Trinajstić information content (AvgIpc) is 2.88. The van der Waals surface area contributed by atoms with Gasteiger partial charge in [-0.15, -0.1) is 0 Å². The molecule has 0 radical (unpaired) electrons. The first-order valence-corrected chi connectivity index (χ1v) is 6.13. The second kappa shape index (κ2) is 5.85. The molecule has 2 aromatic rings. The highest BCUT2D eigenvalue weighted by molar-refractivity contribution is 5.58. The highest BCUT2D eigenvalue weighted by Gasteiger charge is 2.33. The molecular formula is C13H15F3N4.